The van der Waals surface area contributed by atoms with Crippen LogP contribution in [-0.4, -0.2) is 44.9 Å². The first kappa shape index (κ1) is 8.39. The Morgan fingerprint density at radius 1 is 1.29 bits per heavy atom. The number of hydrogen-bond acceptors (Lipinski definition) is 2. The summed E-state index contributed by atoms with van der Waals surface area (Å²) in [6.07, 6.45) is 0. The van der Waals surface area contributed by atoms with Crippen molar-refractivity contribution in [3.05, 3.63) is 0 Å². The Morgan fingerprint density at radius 2 is 1.57 bits per heavy atom. The van der Waals surface area contributed by atoms with Crippen molar-refractivity contribution in [2.24, 2.45) is 0 Å². The van der Waals surface area contributed by atoms with Crippen LogP contribution in [0.2, 0.25) is 0 Å². The van der Waals surface area contributed by atoms with Gasteiger partial charge in [0.05, 0.1) is 0 Å². The third-order valence-electron chi connectivity index (χ3n) is 0.447. The second-order valence-electron chi connectivity index (χ2n) is 0.812. The van der Waals surface area contributed by atoms with Gasteiger partial charge in [0.2, 0.25) is 0 Å². The SMILES string of the molecule is COP([Se])(=[Se])OC. The Balaban J connectivity index is 3.61. The molecule has 7 heavy (non-hydrogen) atoms. The Labute approximate surface area is 58.8 Å². The van der Waals surface area contributed by atoms with Gasteiger partial charge in [0, 0.05) is 0 Å². The molecular formula is C2H6O2PSe2. The van der Waals surface area contributed by atoms with E-state index < -0.39 is 4.65 Å². The van der Waals surface area contributed by atoms with E-state index in [0.29, 0.717) is 0 Å². The molecular weight excluding hydrogens is 245 g/mol. The molecule has 0 rings (SSSR count). The number of hydrogen-bond donors (Lipinski definition) is 0. The number of rotatable bonds is 2. The summed E-state index contributed by atoms with van der Waals surface area (Å²) in [6.45, 7) is 0. The Morgan fingerprint density at radius 3 is 1.57 bits per heavy atom. The zero-order chi connectivity index (χ0) is 5.91. The van der Waals surface area contributed by atoms with Gasteiger partial charge >= 0.3 is 58.6 Å². The van der Waals surface area contributed by atoms with Gasteiger partial charge in [-0.15, -0.1) is 0 Å². The molecule has 0 aliphatic heterocycles. The fourth-order valence-corrected chi connectivity index (χ4v) is 0.224. The molecule has 0 atom stereocenters. The van der Waals surface area contributed by atoms with E-state index in [1.807, 2.05) is 0 Å². The van der Waals surface area contributed by atoms with Crippen LogP contribution in [0.15, 0.2) is 0 Å². The minimum absolute atomic E-state index is 1.60. The molecule has 0 amide bonds. The summed E-state index contributed by atoms with van der Waals surface area (Å²) in [7, 11) is 3.20. The maximum atomic E-state index is 4.86. The standard InChI is InChI=1S/C2H6O2PSe2/c1-3-5(6,7)4-2/h1-2H3. The molecule has 0 saturated carbocycles. The molecule has 0 heterocycles. The van der Waals surface area contributed by atoms with E-state index in [9.17, 15) is 0 Å². The van der Waals surface area contributed by atoms with Crippen molar-refractivity contribution in [2.75, 3.05) is 14.2 Å². The third kappa shape index (κ3) is 3.93. The van der Waals surface area contributed by atoms with Crippen LogP contribution in [0.5, 0.6) is 0 Å². The summed E-state index contributed by atoms with van der Waals surface area (Å²) in [5.74, 6) is 0. The molecule has 43 valence electrons. The predicted molar refractivity (Wildman–Crippen MR) is 32.4 cm³/mol. The van der Waals surface area contributed by atoms with E-state index in [-0.39, 0.29) is 0 Å². The van der Waals surface area contributed by atoms with Crippen molar-refractivity contribution in [3.8, 4) is 0 Å². The molecule has 0 aromatic heterocycles. The van der Waals surface area contributed by atoms with Gasteiger partial charge in [0.25, 0.3) is 0 Å². The van der Waals surface area contributed by atoms with Gasteiger partial charge in [0.1, 0.15) is 0 Å². The topological polar surface area (TPSA) is 18.5 Å². The van der Waals surface area contributed by atoms with Gasteiger partial charge < -0.3 is 0 Å². The van der Waals surface area contributed by atoms with E-state index in [1.54, 1.807) is 14.2 Å². The zero-order valence-corrected chi connectivity index (χ0v) is 8.40. The summed E-state index contributed by atoms with van der Waals surface area (Å²) in [5, 5.41) is 0. The normalized spacial score (nSPS) is 11.9. The van der Waals surface area contributed by atoms with Crippen molar-refractivity contribution in [3.63, 3.8) is 0 Å². The molecule has 5 heteroatoms. The molecule has 1 radical (unpaired) electrons. The quantitative estimate of drug-likeness (QED) is 0.519. The predicted octanol–water partition coefficient (Wildman–Crippen LogP) is 0.294. The van der Waals surface area contributed by atoms with E-state index in [4.69, 9.17) is 9.05 Å². The second kappa shape index (κ2) is 3.42. The maximum absolute atomic E-state index is 4.86. The summed E-state index contributed by atoms with van der Waals surface area (Å²) < 4.78 is 8.07. The monoisotopic (exact) mass is 253 g/mol. The van der Waals surface area contributed by atoms with Crippen LogP contribution in [0.1, 0.15) is 0 Å². The molecule has 0 spiro atoms. The van der Waals surface area contributed by atoms with Crippen LogP contribution in [0.25, 0.3) is 0 Å². The Kier molecular flexibility index (Phi) is 4.10. The van der Waals surface area contributed by atoms with Crippen LogP contribution in [-0.2, 0) is 9.05 Å². The molecule has 0 N–H and O–H groups in total. The van der Waals surface area contributed by atoms with E-state index in [2.05, 4.69) is 30.7 Å². The third-order valence-corrected chi connectivity index (χ3v) is 5.09. The summed E-state index contributed by atoms with van der Waals surface area (Å²) in [4.78, 5) is 0. The van der Waals surface area contributed by atoms with E-state index >= 15 is 0 Å². The summed E-state index contributed by atoms with van der Waals surface area (Å²) in [5.41, 5.74) is 0. The van der Waals surface area contributed by atoms with Crippen LogP contribution in [0.4, 0.5) is 0 Å². The molecule has 2 nitrogen and oxygen atoms in total. The molecule has 0 aromatic carbocycles. The van der Waals surface area contributed by atoms with Crippen molar-refractivity contribution in [1.29, 1.82) is 0 Å². The van der Waals surface area contributed by atoms with Crippen LogP contribution >= 0.6 is 4.65 Å². The zero-order valence-electron chi connectivity index (χ0n) is 4.08. The van der Waals surface area contributed by atoms with Crippen molar-refractivity contribution in [2.45, 2.75) is 0 Å². The minimum atomic E-state index is -1.65. The first-order valence-electron chi connectivity index (χ1n) is 1.55. The van der Waals surface area contributed by atoms with Gasteiger partial charge in [-0.2, -0.15) is 0 Å². The summed E-state index contributed by atoms with van der Waals surface area (Å²) in [6, 6.07) is 0. The first-order valence-corrected chi connectivity index (χ1v) is 7.60. The van der Waals surface area contributed by atoms with Crippen LogP contribution in [0, 0.1) is 0 Å². The Hall–Kier alpha value is 1.39. The van der Waals surface area contributed by atoms with Crippen molar-refractivity contribution < 1.29 is 9.05 Å². The van der Waals surface area contributed by atoms with Gasteiger partial charge in [0.15, 0.2) is 0 Å². The Bertz CT molecular complexity index is 85.7. The van der Waals surface area contributed by atoms with E-state index in [1.165, 1.54) is 0 Å². The van der Waals surface area contributed by atoms with Crippen molar-refractivity contribution in [1.82, 2.24) is 0 Å². The molecule has 0 bridgehead atoms. The average Bonchev–Trinajstić information content (AvgIpc) is 1.68. The summed E-state index contributed by atoms with van der Waals surface area (Å²) >= 11 is 5.53. The van der Waals surface area contributed by atoms with Crippen molar-refractivity contribution >= 4 is 35.3 Å². The molecule has 0 saturated heterocycles. The fraction of sp³-hybridized carbons (Fsp3) is 1.00. The van der Waals surface area contributed by atoms with Crippen LogP contribution in [0.3, 0.4) is 0 Å². The molecule has 0 unspecified atom stereocenters. The van der Waals surface area contributed by atoms with Crippen LogP contribution < -0.4 is 0 Å². The molecule has 0 fully saturated rings. The molecule has 0 aromatic rings. The van der Waals surface area contributed by atoms with Gasteiger partial charge in [-0.25, -0.2) is 0 Å². The first-order chi connectivity index (χ1) is 3.12. The molecule has 0 aliphatic rings. The average molecular weight is 251 g/mol. The van der Waals surface area contributed by atoms with Gasteiger partial charge in [-0.1, -0.05) is 0 Å². The van der Waals surface area contributed by atoms with E-state index in [0.717, 1.165) is 0 Å². The fourth-order valence-electron chi connectivity index (χ4n) is 0.0745. The second-order valence-corrected chi connectivity index (χ2v) is 12.0. The van der Waals surface area contributed by atoms with Gasteiger partial charge in [-0.3, -0.25) is 0 Å². The molecule has 0 aliphatic carbocycles. The van der Waals surface area contributed by atoms with Gasteiger partial charge in [-0.05, 0) is 0 Å².